The molecule has 5 rings (SSSR count). The largest absolute Gasteiger partial charge is 0.0759 e. The monoisotopic (exact) mass is 366 g/mol. The van der Waals surface area contributed by atoms with Crippen LogP contribution in [0.1, 0.15) is 46.7 Å². The Kier molecular flexibility index (Phi) is 3.77. The maximum Gasteiger partial charge on any atom is 0.0723 e. The lowest BCUT2D eigenvalue weighted by Gasteiger charge is -2.36. The van der Waals surface area contributed by atoms with Crippen LogP contribution in [0.4, 0.5) is 0 Å². The molecule has 0 fully saturated rings. The van der Waals surface area contributed by atoms with Crippen LogP contribution in [0.2, 0.25) is 13.1 Å². The molecule has 0 aliphatic heterocycles. The minimum Gasteiger partial charge on any atom is -0.0759 e. The van der Waals surface area contributed by atoms with Crippen LogP contribution in [0.5, 0.6) is 0 Å². The Labute approximate surface area is 163 Å². The molecule has 0 radical (unpaired) electrons. The van der Waals surface area contributed by atoms with Crippen molar-refractivity contribution < 1.29 is 0 Å². The third kappa shape index (κ3) is 2.34. The second kappa shape index (κ2) is 6.07. The van der Waals surface area contributed by atoms with Crippen molar-refractivity contribution in [3.05, 3.63) is 101 Å². The lowest BCUT2D eigenvalue weighted by Crippen LogP contribution is -2.41. The highest BCUT2D eigenvalue weighted by atomic mass is 28.3. The van der Waals surface area contributed by atoms with Crippen LogP contribution in [0, 0.1) is 0 Å². The van der Waals surface area contributed by atoms with Crippen LogP contribution in [0.15, 0.2) is 78.9 Å². The molecule has 0 saturated carbocycles. The number of allylic oxidation sites excluding steroid dienone is 2. The van der Waals surface area contributed by atoms with Crippen molar-refractivity contribution in [3.8, 4) is 11.1 Å². The van der Waals surface area contributed by atoms with Gasteiger partial charge in [-0.25, -0.2) is 0 Å². The Bertz CT molecular complexity index is 1010. The molecule has 0 aromatic heterocycles. The topological polar surface area (TPSA) is 0 Å². The maximum absolute atomic E-state index is 2.61. The first-order chi connectivity index (χ1) is 13.1. The lowest BCUT2D eigenvalue weighted by atomic mass is 10.0. The van der Waals surface area contributed by atoms with Crippen LogP contribution in [-0.2, 0) is 0 Å². The predicted molar refractivity (Wildman–Crippen MR) is 119 cm³/mol. The standard InChI is InChI=1S/C26H26Si/c1-4-18-17-25(22-14-8-5-11-19(18)22)27(2,3)26-23-15-9-6-12-20(23)21-13-7-10-16-24(21)26/h5-17,25-26H,4H2,1-3H3. The summed E-state index contributed by atoms with van der Waals surface area (Å²) in [4.78, 5) is 0. The van der Waals surface area contributed by atoms with Crippen molar-refractivity contribution in [2.45, 2.75) is 37.5 Å². The highest BCUT2D eigenvalue weighted by molar-refractivity contribution is 6.81. The number of benzene rings is 3. The summed E-state index contributed by atoms with van der Waals surface area (Å²) in [5, 5.41) is 0. The fourth-order valence-electron chi connectivity index (χ4n) is 5.50. The van der Waals surface area contributed by atoms with Gasteiger partial charge in [-0.1, -0.05) is 98.9 Å². The second-order valence-corrected chi connectivity index (χ2v) is 13.4. The molecule has 2 aliphatic rings. The first-order valence-corrected chi connectivity index (χ1v) is 13.3. The Hall–Kier alpha value is -2.38. The zero-order chi connectivity index (χ0) is 18.6. The Morgan fingerprint density at radius 2 is 1.15 bits per heavy atom. The van der Waals surface area contributed by atoms with Crippen molar-refractivity contribution in [1.82, 2.24) is 0 Å². The molecule has 0 amide bonds. The fraction of sp³-hybridized carbons (Fsp3) is 0.231. The van der Waals surface area contributed by atoms with Crippen molar-refractivity contribution >= 4 is 13.6 Å². The van der Waals surface area contributed by atoms with Gasteiger partial charge in [-0.3, -0.25) is 0 Å². The quantitative estimate of drug-likeness (QED) is 0.431. The summed E-state index contributed by atoms with van der Waals surface area (Å²) >= 11 is 0. The second-order valence-electron chi connectivity index (χ2n) is 8.54. The van der Waals surface area contributed by atoms with E-state index in [0.29, 0.717) is 11.1 Å². The van der Waals surface area contributed by atoms with Gasteiger partial charge in [0.05, 0.1) is 8.07 Å². The average Bonchev–Trinajstić information content (AvgIpc) is 3.25. The van der Waals surface area contributed by atoms with E-state index in [1.165, 1.54) is 22.3 Å². The van der Waals surface area contributed by atoms with E-state index < -0.39 is 8.07 Å². The van der Waals surface area contributed by atoms with E-state index in [1.54, 1.807) is 16.7 Å². The van der Waals surface area contributed by atoms with Crippen LogP contribution in [0.3, 0.4) is 0 Å². The molecule has 0 saturated heterocycles. The molecule has 134 valence electrons. The number of hydrogen-bond acceptors (Lipinski definition) is 0. The van der Waals surface area contributed by atoms with Crippen molar-refractivity contribution in [1.29, 1.82) is 0 Å². The molecule has 0 bridgehead atoms. The van der Waals surface area contributed by atoms with Crippen LogP contribution < -0.4 is 0 Å². The average molecular weight is 367 g/mol. The molecule has 0 heterocycles. The number of rotatable bonds is 3. The van der Waals surface area contributed by atoms with Crippen molar-refractivity contribution in [3.63, 3.8) is 0 Å². The molecule has 1 heteroatoms. The van der Waals surface area contributed by atoms with Gasteiger partial charge in [0.2, 0.25) is 0 Å². The molecule has 27 heavy (non-hydrogen) atoms. The smallest absolute Gasteiger partial charge is 0.0723 e. The van der Waals surface area contributed by atoms with Gasteiger partial charge in [-0.2, -0.15) is 0 Å². The predicted octanol–water partition coefficient (Wildman–Crippen LogP) is 7.18. The van der Waals surface area contributed by atoms with Gasteiger partial charge < -0.3 is 0 Å². The summed E-state index contributed by atoms with van der Waals surface area (Å²) in [6.45, 7) is 7.50. The molecule has 0 spiro atoms. The van der Waals surface area contributed by atoms with E-state index in [0.717, 1.165) is 6.42 Å². The summed E-state index contributed by atoms with van der Waals surface area (Å²) in [5.41, 5.74) is 11.7. The van der Waals surface area contributed by atoms with Gasteiger partial charge in [0.15, 0.2) is 0 Å². The molecule has 3 aromatic carbocycles. The molecular weight excluding hydrogens is 340 g/mol. The van der Waals surface area contributed by atoms with Gasteiger partial charge in [0.25, 0.3) is 0 Å². The molecular formula is C26H26Si. The maximum atomic E-state index is 2.61. The SMILES string of the molecule is CCC1=CC([Si](C)(C)C2c3ccccc3-c3ccccc32)c2ccccc21. The van der Waals surface area contributed by atoms with E-state index in [9.17, 15) is 0 Å². The van der Waals surface area contributed by atoms with E-state index in [2.05, 4.69) is 98.9 Å². The summed E-state index contributed by atoms with van der Waals surface area (Å²) < 4.78 is 0. The summed E-state index contributed by atoms with van der Waals surface area (Å²) in [5.74, 6) is 0. The third-order valence-corrected chi connectivity index (χ3v) is 11.0. The first-order valence-electron chi connectivity index (χ1n) is 10.1. The molecule has 1 atom stereocenters. The zero-order valence-electron chi connectivity index (χ0n) is 16.4. The van der Waals surface area contributed by atoms with E-state index >= 15 is 0 Å². The molecule has 0 N–H and O–H groups in total. The molecule has 0 nitrogen and oxygen atoms in total. The Morgan fingerprint density at radius 1 is 0.667 bits per heavy atom. The minimum atomic E-state index is -1.73. The van der Waals surface area contributed by atoms with E-state index in [4.69, 9.17) is 0 Å². The molecule has 1 unspecified atom stereocenters. The Morgan fingerprint density at radius 3 is 1.70 bits per heavy atom. The first kappa shape index (κ1) is 16.8. The van der Waals surface area contributed by atoms with Crippen LogP contribution in [-0.4, -0.2) is 8.07 Å². The van der Waals surface area contributed by atoms with Gasteiger partial charge in [0, 0.05) is 5.54 Å². The number of fused-ring (bicyclic) bond motifs is 4. The summed E-state index contributed by atoms with van der Waals surface area (Å²) in [6, 6.07) is 27.3. The minimum absolute atomic E-state index is 0.551. The molecule has 3 aromatic rings. The van der Waals surface area contributed by atoms with Crippen LogP contribution in [0.25, 0.3) is 16.7 Å². The van der Waals surface area contributed by atoms with Crippen LogP contribution >= 0.6 is 0 Å². The summed E-state index contributed by atoms with van der Waals surface area (Å²) in [6.07, 6.45) is 3.73. The van der Waals surface area contributed by atoms with Crippen molar-refractivity contribution in [2.24, 2.45) is 0 Å². The van der Waals surface area contributed by atoms with Gasteiger partial charge in [-0.15, -0.1) is 0 Å². The van der Waals surface area contributed by atoms with Gasteiger partial charge >= 0.3 is 0 Å². The highest BCUT2D eigenvalue weighted by Gasteiger charge is 2.46. The summed E-state index contributed by atoms with van der Waals surface area (Å²) in [7, 11) is -1.73. The zero-order valence-corrected chi connectivity index (χ0v) is 17.4. The number of hydrogen-bond donors (Lipinski definition) is 0. The lowest BCUT2D eigenvalue weighted by molar-refractivity contribution is 1.03. The molecule has 2 aliphatic carbocycles. The van der Waals surface area contributed by atoms with E-state index in [1.807, 2.05) is 0 Å². The highest BCUT2D eigenvalue weighted by Crippen LogP contribution is 2.54. The van der Waals surface area contributed by atoms with E-state index in [-0.39, 0.29) is 0 Å². The fourth-order valence-corrected chi connectivity index (χ4v) is 9.65. The third-order valence-electron chi connectivity index (χ3n) is 6.77. The van der Waals surface area contributed by atoms with Crippen molar-refractivity contribution in [2.75, 3.05) is 0 Å². The van der Waals surface area contributed by atoms with Gasteiger partial charge in [0.1, 0.15) is 0 Å². The van der Waals surface area contributed by atoms with Gasteiger partial charge in [-0.05, 0) is 50.9 Å². The normalized spacial score (nSPS) is 18.0. The Balaban J connectivity index is 1.70.